The van der Waals surface area contributed by atoms with Gasteiger partial charge in [-0.2, -0.15) is 0 Å². The molecule has 0 fully saturated rings. The van der Waals surface area contributed by atoms with Crippen LogP contribution in [0.5, 0.6) is 5.75 Å². The van der Waals surface area contributed by atoms with Crippen LogP contribution in [0.15, 0.2) is 59.8 Å². The van der Waals surface area contributed by atoms with Gasteiger partial charge in [-0.3, -0.25) is 4.79 Å². The number of hydrogen-bond donors (Lipinski definition) is 2. The van der Waals surface area contributed by atoms with Crippen molar-refractivity contribution >= 4 is 34.9 Å². The van der Waals surface area contributed by atoms with Crippen molar-refractivity contribution in [1.82, 2.24) is 10.2 Å². The number of hydrogen-bond acceptors (Lipinski definition) is 5. The predicted octanol–water partition coefficient (Wildman–Crippen LogP) is 4.28. The minimum absolute atomic E-state index is 0.224. The molecular formula is C25H29N3O4S. The van der Waals surface area contributed by atoms with E-state index in [0.29, 0.717) is 34.3 Å². The summed E-state index contributed by atoms with van der Waals surface area (Å²) in [5.41, 5.74) is 3.26. The van der Waals surface area contributed by atoms with Crippen LogP contribution in [0, 0.1) is 5.92 Å². The van der Waals surface area contributed by atoms with Gasteiger partial charge in [-0.25, -0.2) is 4.79 Å². The molecule has 1 amide bonds. The summed E-state index contributed by atoms with van der Waals surface area (Å²) in [6, 6.07) is 13.8. The third-order valence-corrected chi connectivity index (χ3v) is 5.77. The van der Waals surface area contributed by atoms with Crippen molar-refractivity contribution in [3.63, 3.8) is 0 Å². The van der Waals surface area contributed by atoms with Crippen LogP contribution in [0.4, 0.5) is 5.69 Å². The lowest BCUT2D eigenvalue weighted by Gasteiger charge is -2.35. The van der Waals surface area contributed by atoms with Gasteiger partial charge in [-0.05, 0) is 67.0 Å². The molecule has 0 spiro atoms. The van der Waals surface area contributed by atoms with Gasteiger partial charge in [0, 0.05) is 24.0 Å². The molecular weight excluding hydrogens is 438 g/mol. The van der Waals surface area contributed by atoms with Crippen LogP contribution < -0.4 is 15.4 Å². The molecule has 3 rings (SSSR count). The average molecular weight is 468 g/mol. The van der Waals surface area contributed by atoms with E-state index in [0.717, 1.165) is 11.3 Å². The highest BCUT2D eigenvalue weighted by Gasteiger charge is 2.33. The number of thiocarbonyl (C=S) groups is 1. The van der Waals surface area contributed by atoms with E-state index in [1.54, 1.807) is 48.4 Å². The Labute approximate surface area is 199 Å². The van der Waals surface area contributed by atoms with Crippen molar-refractivity contribution in [2.75, 3.05) is 26.1 Å². The topological polar surface area (TPSA) is 79.9 Å². The number of nitrogens with zero attached hydrogens (tertiary/aromatic N) is 1. The lowest BCUT2D eigenvalue weighted by Crippen LogP contribution is -2.46. The Morgan fingerprint density at radius 2 is 1.76 bits per heavy atom. The van der Waals surface area contributed by atoms with Crippen molar-refractivity contribution in [1.29, 1.82) is 0 Å². The maximum Gasteiger partial charge on any atom is 0.338 e. The molecule has 8 heteroatoms. The number of carbonyl (C=O) groups is 2. The van der Waals surface area contributed by atoms with E-state index in [-0.39, 0.29) is 17.8 Å². The molecule has 174 valence electrons. The zero-order chi connectivity index (χ0) is 24.1. The molecule has 0 aromatic heterocycles. The number of allylic oxidation sites excluding steroid dienone is 1. The Bertz CT molecular complexity index is 1060. The molecule has 1 unspecified atom stereocenters. The van der Waals surface area contributed by atoms with Gasteiger partial charge in [0.05, 0.1) is 25.3 Å². The van der Waals surface area contributed by atoms with Crippen LogP contribution in [0.2, 0.25) is 0 Å². The maximum absolute atomic E-state index is 12.9. The predicted molar refractivity (Wildman–Crippen MR) is 132 cm³/mol. The Balaban J connectivity index is 1.80. The normalized spacial score (nSPS) is 15.9. The summed E-state index contributed by atoms with van der Waals surface area (Å²) in [6.45, 7) is 6.18. The van der Waals surface area contributed by atoms with E-state index in [4.69, 9.17) is 21.7 Å². The number of rotatable bonds is 7. The summed E-state index contributed by atoms with van der Waals surface area (Å²) in [6.07, 6.45) is 0. The van der Waals surface area contributed by atoms with Gasteiger partial charge in [0.1, 0.15) is 5.75 Å². The minimum Gasteiger partial charge on any atom is -0.497 e. The van der Waals surface area contributed by atoms with E-state index in [1.807, 2.05) is 40.0 Å². The summed E-state index contributed by atoms with van der Waals surface area (Å²) >= 11 is 5.45. The Kier molecular flexibility index (Phi) is 7.71. The van der Waals surface area contributed by atoms with Crippen molar-refractivity contribution in [2.24, 2.45) is 5.92 Å². The molecule has 2 aromatic carbocycles. The zero-order valence-corrected chi connectivity index (χ0v) is 20.3. The summed E-state index contributed by atoms with van der Waals surface area (Å²) < 4.78 is 10.6. The highest BCUT2D eigenvalue weighted by atomic mass is 32.1. The average Bonchev–Trinajstić information content (AvgIpc) is 2.81. The molecule has 2 aromatic rings. The third kappa shape index (κ3) is 5.70. The first-order valence-corrected chi connectivity index (χ1v) is 11.1. The van der Waals surface area contributed by atoms with Crippen molar-refractivity contribution in [3.8, 4) is 5.75 Å². The molecule has 1 aliphatic heterocycles. The lowest BCUT2D eigenvalue weighted by molar-refractivity contribution is -0.140. The van der Waals surface area contributed by atoms with Gasteiger partial charge in [0.15, 0.2) is 5.11 Å². The molecule has 1 aliphatic rings. The highest BCUT2D eigenvalue weighted by Crippen LogP contribution is 2.31. The van der Waals surface area contributed by atoms with E-state index >= 15 is 0 Å². The van der Waals surface area contributed by atoms with Gasteiger partial charge >= 0.3 is 5.97 Å². The zero-order valence-electron chi connectivity index (χ0n) is 19.5. The number of benzene rings is 2. The number of carbonyl (C=O) groups excluding carboxylic acids is 2. The van der Waals surface area contributed by atoms with Gasteiger partial charge in [-0.15, -0.1) is 0 Å². The molecule has 1 heterocycles. The van der Waals surface area contributed by atoms with E-state index in [9.17, 15) is 9.59 Å². The Hall–Kier alpha value is -3.39. The highest BCUT2D eigenvalue weighted by molar-refractivity contribution is 7.80. The summed E-state index contributed by atoms with van der Waals surface area (Å²) in [5, 5.41) is 6.63. The Morgan fingerprint density at radius 1 is 1.12 bits per heavy atom. The molecule has 33 heavy (non-hydrogen) atoms. The summed E-state index contributed by atoms with van der Waals surface area (Å²) in [4.78, 5) is 27.2. The number of nitrogens with one attached hydrogen (secondary N) is 2. The van der Waals surface area contributed by atoms with Crippen LogP contribution in [0.3, 0.4) is 0 Å². The third-order valence-electron chi connectivity index (χ3n) is 5.38. The molecule has 0 saturated carbocycles. The number of anilines is 1. The van der Waals surface area contributed by atoms with E-state index in [2.05, 4.69) is 10.6 Å². The van der Waals surface area contributed by atoms with Gasteiger partial charge in [-0.1, -0.05) is 26.0 Å². The van der Waals surface area contributed by atoms with Crippen LogP contribution in [-0.4, -0.2) is 42.7 Å². The van der Waals surface area contributed by atoms with E-state index in [1.165, 1.54) is 0 Å². The molecule has 2 N–H and O–H groups in total. The second kappa shape index (κ2) is 10.5. The fourth-order valence-electron chi connectivity index (χ4n) is 3.37. The quantitative estimate of drug-likeness (QED) is 0.465. The molecule has 0 bridgehead atoms. The number of methoxy groups -OCH3 is 1. The Morgan fingerprint density at radius 3 is 2.33 bits per heavy atom. The molecule has 0 saturated heterocycles. The smallest absolute Gasteiger partial charge is 0.338 e. The van der Waals surface area contributed by atoms with Crippen LogP contribution in [0.25, 0.3) is 0 Å². The largest absolute Gasteiger partial charge is 0.497 e. The van der Waals surface area contributed by atoms with Crippen LogP contribution in [-0.2, 0) is 9.53 Å². The molecule has 0 aliphatic carbocycles. The standard InChI is InChI=1S/C25H29N3O4S/c1-15(2)14-32-24(30)21-16(3)28(4)25(33)27-22(21)17-6-10-19(11-7-17)26-23(29)18-8-12-20(31-5)13-9-18/h6-13,15,22H,14H2,1-5H3,(H,26,29)(H,27,33). The van der Waals surface area contributed by atoms with Gasteiger partial charge < -0.3 is 25.0 Å². The van der Waals surface area contributed by atoms with Gasteiger partial charge in [0.25, 0.3) is 5.91 Å². The fraction of sp³-hybridized carbons (Fsp3) is 0.320. The number of esters is 1. The molecule has 1 atom stereocenters. The van der Waals surface area contributed by atoms with Gasteiger partial charge in [0.2, 0.25) is 0 Å². The van der Waals surface area contributed by atoms with Crippen LogP contribution in [0.1, 0.15) is 42.7 Å². The second-order valence-electron chi connectivity index (χ2n) is 8.24. The van der Waals surface area contributed by atoms with Crippen molar-refractivity contribution in [3.05, 3.63) is 70.9 Å². The van der Waals surface area contributed by atoms with Crippen molar-refractivity contribution in [2.45, 2.75) is 26.8 Å². The molecule has 0 radical (unpaired) electrons. The SMILES string of the molecule is COc1ccc(C(=O)Nc2ccc(C3NC(=S)N(C)C(C)=C3C(=O)OCC(C)C)cc2)cc1. The summed E-state index contributed by atoms with van der Waals surface area (Å²) in [7, 11) is 3.39. The first-order valence-electron chi connectivity index (χ1n) is 10.7. The van der Waals surface area contributed by atoms with Crippen LogP contribution >= 0.6 is 12.2 Å². The first kappa shape index (κ1) is 24.3. The first-order chi connectivity index (χ1) is 15.7. The monoisotopic (exact) mass is 467 g/mol. The van der Waals surface area contributed by atoms with Crippen molar-refractivity contribution < 1.29 is 19.1 Å². The lowest BCUT2D eigenvalue weighted by atomic mass is 9.95. The summed E-state index contributed by atoms with van der Waals surface area (Å²) in [5.74, 6) is 0.324. The number of amides is 1. The second-order valence-corrected chi connectivity index (χ2v) is 8.62. The maximum atomic E-state index is 12.9. The van der Waals surface area contributed by atoms with E-state index < -0.39 is 6.04 Å². The number of ether oxygens (including phenoxy) is 2. The molecule has 7 nitrogen and oxygen atoms in total. The minimum atomic E-state index is -0.445. The fourth-order valence-corrected chi connectivity index (χ4v) is 3.63.